The zero-order valence-corrected chi connectivity index (χ0v) is 10.5. The first kappa shape index (κ1) is 13.4. The lowest BCUT2D eigenvalue weighted by Crippen LogP contribution is -2.21. The Morgan fingerprint density at radius 1 is 1.29 bits per heavy atom. The van der Waals surface area contributed by atoms with Crippen molar-refractivity contribution in [2.75, 3.05) is 0 Å². The van der Waals surface area contributed by atoms with Crippen molar-refractivity contribution in [3.63, 3.8) is 0 Å². The Morgan fingerprint density at radius 3 is 2.29 bits per heavy atom. The third-order valence-corrected chi connectivity index (χ3v) is 3.28. The van der Waals surface area contributed by atoms with Crippen LogP contribution in [0.15, 0.2) is 53.1 Å². The van der Waals surface area contributed by atoms with Crippen molar-refractivity contribution >= 4 is 10.0 Å². The van der Waals surface area contributed by atoms with Gasteiger partial charge >= 0.3 is 0 Å². The van der Waals surface area contributed by atoms with Gasteiger partial charge < -0.3 is 0 Å². The van der Waals surface area contributed by atoms with Crippen LogP contribution >= 0.6 is 0 Å². The van der Waals surface area contributed by atoms with Gasteiger partial charge in [0.15, 0.2) is 0 Å². The van der Waals surface area contributed by atoms with E-state index in [4.69, 9.17) is 0 Å². The summed E-state index contributed by atoms with van der Waals surface area (Å²) in [5.74, 6) is -0.480. The van der Waals surface area contributed by atoms with Gasteiger partial charge in [0, 0.05) is 5.70 Å². The molecular weight excluding hydrogens is 241 g/mol. The Kier molecular flexibility index (Phi) is 4.07. The third-order valence-electron chi connectivity index (χ3n) is 1.85. The molecule has 0 aliphatic rings. The summed E-state index contributed by atoms with van der Waals surface area (Å²) >= 11 is 0. The van der Waals surface area contributed by atoms with Gasteiger partial charge in [0.05, 0.1) is 4.90 Å². The van der Waals surface area contributed by atoms with Gasteiger partial charge in [-0.15, -0.1) is 0 Å². The molecule has 0 saturated carbocycles. The highest BCUT2D eigenvalue weighted by Crippen LogP contribution is 2.11. The molecule has 0 radical (unpaired) electrons. The molecule has 0 atom stereocenters. The first-order valence-electron chi connectivity index (χ1n) is 4.93. The van der Waals surface area contributed by atoms with Crippen molar-refractivity contribution in [1.29, 1.82) is 0 Å². The fourth-order valence-electron chi connectivity index (χ4n) is 1.22. The van der Waals surface area contributed by atoms with Crippen molar-refractivity contribution in [1.82, 2.24) is 4.72 Å². The van der Waals surface area contributed by atoms with E-state index < -0.39 is 15.8 Å². The van der Waals surface area contributed by atoms with Crippen LogP contribution in [-0.2, 0) is 10.0 Å². The largest absolute Gasteiger partial charge is 0.280 e. The molecule has 5 heteroatoms. The van der Waals surface area contributed by atoms with E-state index in [-0.39, 0.29) is 10.6 Å². The Bertz CT molecular complexity index is 540. The van der Waals surface area contributed by atoms with Crippen LogP contribution in [0.3, 0.4) is 0 Å². The van der Waals surface area contributed by atoms with E-state index in [0.29, 0.717) is 0 Å². The molecule has 1 aromatic rings. The monoisotopic (exact) mass is 255 g/mol. The average Bonchev–Trinajstić information content (AvgIpc) is 2.15. The predicted octanol–water partition coefficient (Wildman–Crippen LogP) is 2.58. The molecule has 0 aromatic heterocycles. The molecule has 0 unspecified atom stereocenters. The van der Waals surface area contributed by atoms with Gasteiger partial charge in [-0.3, -0.25) is 4.72 Å². The van der Waals surface area contributed by atoms with Gasteiger partial charge in [0.2, 0.25) is 0 Å². The van der Waals surface area contributed by atoms with E-state index in [2.05, 4.69) is 11.3 Å². The van der Waals surface area contributed by atoms with Crippen LogP contribution in [0.2, 0.25) is 0 Å². The van der Waals surface area contributed by atoms with Crippen LogP contribution in [0.5, 0.6) is 0 Å². The Labute approximate surface area is 101 Å². The van der Waals surface area contributed by atoms with Gasteiger partial charge in [0.25, 0.3) is 10.0 Å². The van der Waals surface area contributed by atoms with Crippen LogP contribution in [0.4, 0.5) is 4.39 Å². The van der Waals surface area contributed by atoms with E-state index in [1.165, 1.54) is 12.1 Å². The highest BCUT2D eigenvalue weighted by atomic mass is 32.2. The Balaban J connectivity index is 2.93. The standard InChI is InChI=1S/C12H14FNO2S/c1-9(2)8-10(3)14-17(15,16)12-6-4-11(13)5-7-12/h4-8,14H,3H2,1-2H3. The summed E-state index contributed by atoms with van der Waals surface area (Å²) in [6.07, 6.45) is 1.61. The number of hydrogen-bond donors (Lipinski definition) is 1. The fourth-order valence-corrected chi connectivity index (χ4v) is 2.24. The number of rotatable bonds is 4. The summed E-state index contributed by atoms with van der Waals surface area (Å²) < 4.78 is 38.6. The number of allylic oxidation sites excluding steroid dienone is 2. The molecule has 0 bridgehead atoms. The number of nitrogens with one attached hydrogen (secondary N) is 1. The van der Waals surface area contributed by atoms with Gasteiger partial charge in [-0.25, -0.2) is 12.8 Å². The minimum absolute atomic E-state index is 0.00204. The highest BCUT2D eigenvalue weighted by Gasteiger charge is 2.13. The maximum Gasteiger partial charge on any atom is 0.261 e. The first-order chi connectivity index (χ1) is 7.81. The second-order valence-electron chi connectivity index (χ2n) is 3.81. The molecular formula is C12H14FNO2S. The second-order valence-corrected chi connectivity index (χ2v) is 5.49. The van der Waals surface area contributed by atoms with Crippen LogP contribution < -0.4 is 4.72 Å². The van der Waals surface area contributed by atoms with Crippen LogP contribution in [0.25, 0.3) is 0 Å². The lowest BCUT2D eigenvalue weighted by atomic mass is 10.3. The number of sulfonamides is 1. The quantitative estimate of drug-likeness (QED) is 0.840. The zero-order chi connectivity index (χ0) is 13.1. The summed E-state index contributed by atoms with van der Waals surface area (Å²) in [6, 6.07) is 4.59. The van der Waals surface area contributed by atoms with Crippen molar-refractivity contribution in [3.8, 4) is 0 Å². The van der Waals surface area contributed by atoms with Crippen LogP contribution in [0.1, 0.15) is 13.8 Å². The molecule has 0 heterocycles. The predicted molar refractivity (Wildman–Crippen MR) is 65.3 cm³/mol. The van der Waals surface area contributed by atoms with E-state index in [1.807, 2.05) is 13.8 Å². The normalized spacial score (nSPS) is 10.8. The molecule has 0 aliphatic heterocycles. The minimum atomic E-state index is -3.68. The van der Waals surface area contributed by atoms with Crippen LogP contribution in [0, 0.1) is 5.82 Å². The maximum atomic E-state index is 12.7. The average molecular weight is 255 g/mol. The van der Waals surface area contributed by atoms with Gasteiger partial charge in [0.1, 0.15) is 5.82 Å². The van der Waals surface area contributed by atoms with Crippen molar-refractivity contribution < 1.29 is 12.8 Å². The van der Waals surface area contributed by atoms with E-state index in [9.17, 15) is 12.8 Å². The van der Waals surface area contributed by atoms with Crippen molar-refractivity contribution in [2.24, 2.45) is 0 Å². The van der Waals surface area contributed by atoms with Crippen LogP contribution in [-0.4, -0.2) is 8.42 Å². The summed E-state index contributed by atoms with van der Waals surface area (Å²) in [5, 5.41) is 0. The smallest absolute Gasteiger partial charge is 0.261 e. The lowest BCUT2D eigenvalue weighted by Gasteiger charge is -2.08. The summed E-state index contributed by atoms with van der Waals surface area (Å²) in [4.78, 5) is 0.00204. The second kappa shape index (κ2) is 5.14. The molecule has 0 spiro atoms. The van der Waals surface area contributed by atoms with E-state index in [1.54, 1.807) is 6.08 Å². The molecule has 1 rings (SSSR count). The molecule has 0 fully saturated rings. The van der Waals surface area contributed by atoms with Crippen molar-refractivity contribution in [2.45, 2.75) is 18.7 Å². The Morgan fingerprint density at radius 2 is 1.82 bits per heavy atom. The van der Waals surface area contributed by atoms with Gasteiger partial charge in [-0.1, -0.05) is 12.2 Å². The Hall–Kier alpha value is -1.62. The summed E-state index contributed by atoms with van der Waals surface area (Å²) in [7, 11) is -3.68. The molecule has 0 saturated heterocycles. The van der Waals surface area contributed by atoms with E-state index in [0.717, 1.165) is 17.7 Å². The van der Waals surface area contributed by atoms with Gasteiger partial charge in [-0.05, 0) is 44.2 Å². The SMILES string of the molecule is C=C(C=C(C)C)NS(=O)(=O)c1ccc(F)cc1. The zero-order valence-electron chi connectivity index (χ0n) is 9.70. The highest BCUT2D eigenvalue weighted by molar-refractivity contribution is 7.89. The molecule has 3 nitrogen and oxygen atoms in total. The minimum Gasteiger partial charge on any atom is -0.280 e. The maximum absolute atomic E-state index is 12.7. The molecule has 17 heavy (non-hydrogen) atoms. The first-order valence-corrected chi connectivity index (χ1v) is 6.42. The van der Waals surface area contributed by atoms with E-state index >= 15 is 0 Å². The molecule has 0 amide bonds. The molecule has 92 valence electrons. The summed E-state index contributed by atoms with van der Waals surface area (Å²) in [5.41, 5.74) is 1.20. The van der Waals surface area contributed by atoms with Gasteiger partial charge in [-0.2, -0.15) is 0 Å². The van der Waals surface area contributed by atoms with Crippen molar-refractivity contribution in [3.05, 3.63) is 54.0 Å². The topological polar surface area (TPSA) is 46.2 Å². The number of benzene rings is 1. The summed E-state index contributed by atoms with van der Waals surface area (Å²) in [6.45, 7) is 7.24. The lowest BCUT2D eigenvalue weighted by molar-refractivity contribution is 0.588. The molecule has 1 N–H and O–H groups in total. The fraction of sp³-hybridized carbons (Fsp3) is 0.167. The molecule has 1 aromatic carbocycles. The molecule has 0 aliphatic carbocycles. The third kappa shape index (κ3) is 4.03. The number of hydrogen-bond acceptors (Lipinski definition) is 2. The number of halogens is 1.